The molecule has 3 aromatic heterocycles. The molecule has 0 bridgehead atoms. The van der Waals surface area contributed by atoms with Crippen LogP contribution in [0.4, 0.5) is 0 Å². The summed E-state index contributed by atoms with van der Waals surface area (Å²) in [6.45, 7) is 0. The third kappa shape index (κ3) is 3.11. The summed E-state index contributed by atoms with van der Waals surface area (Å²) < 4.78 is 2.64. The van der Waals surface area contributed by atoms with Crippen LogP contribution in [0, 0.1) is 0 Å². The van der Waals surface area contributed by atoms with Crippen LogP contribution in [0.25, 0.3) is 75.1 Å². The van der Waals surface area contributed by atoms with Crippen molar-refractivity contribution in [2.24, 2.45) is 0 Å². The Kier molecular flexibility index (Phi) is 4.42. The maximum Gasteiger partial charge on any atom is 0.0788 e. The van der Waals surface area contributed by atoms with Gasteiger partial charge in [0.2, 0.25) is 0 Å². The molecule has 0 aliphatic heterocycles. The number of para-hydroxylation sites is 1. The van der Waals surface area contributed by atoms with Crippen molar-refractivity contribution in [3.8, 4) is 22.5 Å². The Balaban J connectivity index is 1.45. The summed E-state index contributed by atoms with van der Waals surface area (Å²) in [6.07, 6.45) is 1.90. The van der Waals surface area contributed by atoms with Crippen LogP contribution in [-0.4, -0.2) is 9.97 Å². The predicted octanol–water partition coefficient (Wildman–Crippen LogP) is 9.64. The maximum absolute atomic E-state index is 5.22. The summed E-state index contributed by atoms with van der Waals surface area (Å²) in [4.78, 5) is 9.99. The zero-order valence-electron chi connectivity index (χ0n) is 19.8. The van der Waals surface area contributed by atoms with Gasteiger partial charge < -0.3 is 0 Å². The van der Waals surface area contributed by atoms with Gasteiger partial charge in [0.05, 0.1) is 16.9 Å². The number of fused-ring (bicyclic) bond motifs is 8. The zero-order chi connectivity index (χ0) is 24.3. The van der Waals surface area contributed by atoms with Crippen LogP contribution in [0.1, 0.15) is 0 Å². The fraction of sp³-hybridized carbons (Fsp3) is 0. The largest absolute Gasteiger partial charge is 0.256 e. The molecule has 0 fully saturated rings. The van der Waals surface area contributed by atoms with Gasteiger partial charge in [-0.15, -0.1) is 11.3 Å². The molecule has 0 radical (unpaired) electrons. The lowest BCUT2D eigenvalue weighted by Crippen LogP contribution is -1.91. The van der Waals surface area contributed by atoms with Crippen molar-refractivity contribution in [3.05, 3.63) is 121 Å². The molecule has 3 heteroatoms. The zero-order valence-corrected chi connectivity index (χ0v) is 20.7. The average molecular weight is 489 g/mol. The average Bonchev–Trinajstić information content (AvgIpc) is 3.35. The second-order valence-electron chi connectivity index (χ2n) is 9.40. The van der Waals surface area contributed by atoms with Gasteiger partial charge >= 0.3 is 0 Å². The first-order chi connectivity index (χ1) is 18.3. The monoisotopic (exact) mass is 488 g/mol. The summed E-state index contributed by atoms with van der Waals surface area (Å²) in [5, 5.41) is 8.64. The molecule has 0 spiro atoms. The second-order valence-corrected chi connectivity index (χ2v) is 10.5. The van der Waals surface area contributed by atoms with E-state index in [0.717, 1.165) is 33.4 Å². The molecule has 8 rings (SSSR count). The first kappa shape index (κ1) is 20.6. The fourth-order valence-electron chi connectivity index (χ4n) is 5.60. The molecular formula is C34H20N2S. The number of rotatable bonds is 2. The van der Waals surface area contributed by atoms with Crippen LogP contribution in [-0.2, 0) is 0 Å². The molecule has 0 saturated heterocycles. The van der Waals surface area contributed by atoms with E-state index >= 15 is 0 Å². The van der Waals surface area contributed by atoms with Gasteiger partial charge in [-0.05, 0) is 29.7 Å². The SMILES string of the molecule is c1cc(-c2nccc3ccccc23)cc(-c2nc3ccccc3c3c2ccc2c4ccccc4sc23)c1. The minimum Gasteiger partial charge on any atom is -0.256 e. The van der Waals surface area contributed by atoms with E-state index < -0.39 is 0 Å². The van der Waals surface area contributed by atoms with Gasteiger partial charge in [-0.25, -0.2) is 4.98 Å². The molecule has 172 valence electrons. The topological polar surface area (TPSA) is 25.8 Å². The van der Waals surface area contributed by atoms with Crippen molar-refractivity contribution in [1.29, 1.82) is 0 Å². The van der Waals surface area contributed by atoms with Crippen molar-refractivity contribution in [1.82, 2.24) is 9.97 Å². The van der Waals surface area contributed by atoms with E-state index in [0.29, 0.717) is 0 Å². The van der Waals surface area contributed by atoms with E-state index in [-0.39, 0.29) is 0 Å². The Labute approximate surface area is 217 Å². The Morgan fingerprint density at radius 3 is 2.16 bits per heavy atom. The molecule has 0 N–H and O–H groups in total. The van der Waals surface area contributed by atoms with Crippen molar-refractivity contribution >= 4 is 64.0 Å². The van der Waals surface area contributed by atoms with Crippen molar-refractivity contribution in [2.45, 2.75) is 0 Å². The number of nitrogens with zero attached hydrogens (tertiary/aromatic N) is 2. The molecule has 37 heavy (non-hydrogen) atoms. The van der Waals surface area contributed by atoms with Crippen molar-refractivity contribution < 1.29 is 0 Å². The molecule has 0 amide bonds. The molecule has 0 unspecified atom stereocenters. The number of benzene rings is 5. The Morgan fingerprint density at radius 2 is 1.24 bits per heavy atom. The van der Waals surface area contributed by atoms with Gasteiger partial charge in [0.1, 0.15) is 0 Å². The summed E-state index contributed by atoms with van der Waals surface area (Å²) >= 11 is 1.87. The molecule has 5 aromatic carbocycles. The summed E-state index contributed by atoms with van der Waals surface area (Å²) in [7, 11) is 0. The standard InChI is InChI=1S/C34H20N2S/c1-2-11-24-21(8-1)18-19-35-32(24)22-9-7-10-23(20-22)33-28-17-16-26-25-12-4-6-15-30(25)37-34(26)31(28)27-13-3-5-14-29(27)36-33/h1-20H. The lowest BCUT2D eigenvalue weighted by Gasteiger charge is -2.12. The van der Waals surface area contributed by atoms with Crippen molar-refractivity contribution in [3.63, 3.8) is 0 Å². The predicted molar refractivity (Wildman–Crippen MR) is 158 cm³/mol. The highest BCUT2D eigenvalue weighted by molar-refractivity contribution is 7.26. The summed E-state index contributed by atoms with van der Waals surface area (Å²) in [5.74, 6) is 0. The van der Waals surface area contributed by atoms with Crippen LogP contribution in [0.5, 0.6) is 0 Å². The summed E-state index contributed by atoms with van der Waals surface area (Å²) in [5.41, 5.74) is 5.22. The van der Waals surface area contributed by atoms with Crippen LogP contribution in [0.2, 0.25) is 0 Å². The minimum absolute atomic E-state index is 0.997. The van der Waals surface area contributed by atoms with Crippen LogP contribution >= 0.6 is 11.3 Å². The van der Waals surface area contributed by atoms with E-state index in [9.17, 15) is 0 Å². The van der Waals surface area contributed by atoms with E-state index in [4.69, 9.17) is 9.97 Å². The quantitative estimate of drug-likeness (QED) is 0.226. The Hall–Kier alpha value is -4.60. The third-order valence-electron chi connectivity index (χ3n) is 7.29. The van der Waals surface area contributed by atoms with Crippen LogP contribution in [0.3, 0.4) is 0 Å². The first-order valence-electron chi connectivity index (χ1n) is 12.4. The van der Waals surface area contributed by atoms with E-state index in [1.165, 1.54) is 41.7 Å². The van der Waals surface area contributed by atoms with E-state index in [2.05, 4.69) is 115 Å². The first-order valence-corrected chi connectivity index (χ1v) is 13.2. The highest BCUT2D eigenvalue weighted by Crippen LogP contribution is 2.43. The highest BCUT2D eigenvalue weighted by Gasteiger charge is 2.16. The van der Waals surface area contributed by atoms with Crippen LogP contribution < -0.4 is 0 Å². The lowest BCUT2D eigenvalue weighted by molar-refractivity contribution is 1.35. The van der Waals surface area contributed by atoms with Gasteiger partial charge in [-0.2, -0.15) is 0 Å². The normalized spacial score (nSPS) is 11.8. The number of pyridine rings is 2. The van der Waals surface area contributed by atoms with Gasteiger partial charge in [0.15, 0.2) is 0 Å². The fourth-order valence-corrected chi connectivity index (χ4v) is 6.86. The molecule has 0 saturated carbocycles. The number of hydrogen-bond acceptors (Lipinski definition) is 3. The molecule has 0 aliphatic rings. The molecule has 3 heterocycles. The molecule has 0 aliphatic carbocycles. The van der Waals surface area contributed by atoms with Crippen molar-refractivity contribution in [2.75, 3.05) is 0 Å². The summed E-state index contributed by atoms with van der Waals surface area (Å²) in [6, 6.07) is 40.9. The second kappa shape index (κ2) is 7.95. The molecule has 0 atom stereocenters. The highest BCUT2D eigenvalue weighted by atomic mass is 32.1. The lowest BCUT2D eigenvalue weighted by atomic mass is 9.96. The smallest absolute Gasteiger partial charge is 0.0788 e. The number of hydrogen-bond donors (Lipinski definition) is 0. The van der Waals surface area contributed by atoms with E-state index in [1.807, 2.05) is 17.5 Å². The van der Waals surface area contributed by atoms with Gasteiger partial charge in [0, 0.05) is 59.0 Å². The Morgan fingerprint density at radius 1 is 0.514 bits per heavy atom. The number of thiophene rings is 1. The van der Waals surface area contributed by atoms with Gasteiger partial charge in [-0.1, -0.05) is 91.0 Å². The number of aromatic nitrogens is 2. The van der Waals surface area contributed by atoms with E-state index in [1.54, 1.807) is 0 Å². The van der Waals surface area contributed by atoms with Gasteiger partial charge in [-0.3, -0.25) is 4.98 Å². The minimum atomic E-state index is 0.997. The third-order valence-corrected chi connectivity index (χ3v) is 8.49. The van der Waals surface area contributed by atoms with Gasteiger partial charge in [0.25, 0.3) is 0 Å². The Bertz CT molecular complexity index is 2150. The maximum atomic E-state index is 5.22. The molecule has 8 aromatic rings. The molecular weight excluding hydrogens is 468 g/mol. The van der Waals surface area contributed by atoms with Crippen LogP contribution in [0.15, 0.2) is 121 Å². The molecule has 2 nitrogen and oxygen atoms in total.